The number of hydrogen-bond acceptors (Lipinski definition) is 7. The minimum atomic E-state index is -1.08. The summed E-state index contributed by atoms with van der Waals surface area (Å²) in [6, 6.07) is 5.73. The fourth-order valence-corrected chi connectivity index (χ4v) is 3.55. The lowest BCUT2D eigenvalue weighted by atomic mass is 10.0. The predicted octanol–water partition coefficient (Wildman–Crippen LogP) is 1.92. The van der Waals surface area contributed by atoms with Crippen LogP contribution in [-0.4, -0.2) is 49.5 Å². The zero-order chi connectivity index (χ0) is 25.8. The van der Waals surface area contributed by atoms with Crippen LogP contribution in [0.4, 0.5) is 5.95 Å². The number of aromatic amines is 2. The number of aromatic nitrogens is 3. The van der Waals surface area contributed by atoms with Crippen LogP contribution in [0.5, 0.6) is 0 Å². The third-order valence-corrected chi connectivity index (χ3v) is 5.18. The molecule has 0 saturated heterocycles. The lowest BCUT2D eigenvalue weighted by Crippen LogP contribution is -2.44. The van der Waals surface area contributed by atoms with Crippen molar-refractivity contribution in [3.8, 4) is 0 Å². The molecule has 3 aromatic rings. The fraction of sp³-hybridized carbons (Fsp3) is 0.375. The van der Waals surface area contributed by atoms with Crippen molar-refractivity contribution in [1.29, 1.82) is 0 Å². The zero-order valence-corrected chi connectivity index (χ0v) is 19.8. The number of benzene rings is 1. The van der Waals surface area contributed by atoms with Gasteiger partial charge in [0.05, 0.1) is 5.39 Å². The number of nitrogens with one attached hydrogen (secondary N) is 3. The largest absolute Gasteiger partial charge is 0.481 e. The molecular formula is C24H29N5O6. The summed E-state index contributed by atoms with van der Waals surface area (Å²) >= 11 is 0. The fourth-order valence-electron chi connectivity index (χ4n) is 3.55. The smallest absolute Gasteiger partial charge is 0.329 e. The number of H-pyrrole nitrogens is 2. The molecule has 0 aliphatic heterocycles. The summed E-state index contributed by atoms with van der Waals surface area (Å²) in [5.74, 6) is -2.23. The van der Waals surface area contributed by atoms with E-state index in [4.69, 9.17) is 15.6 Å². The van der Waals surface area contributed by atoms with Crippen molar-refractivity contribution in [2.45, 2.75) is 58.1 Å². The number of nitrogens with zero attached hydrogens (tertiary/aromatic N) is 1. The van der Waals surface area contributed by atoms with E-state index in [-0.39, 0.29) is 24.3 Å². The number of ether oxygens (including phenoxy) is 1. The molecule has 186 valence electrons. The van der Waals surface area contributed by atoms with Gasteiger partial charge in [0.15, 0.2) is 0 Å². The van der Waals surface area contributed by atoms with Crippen molar-refractivity contribution < 1.29 is 24.2 Å². The number of aryl methyl sites for hydroxylation is 2. The first-order chi connectivity index (χ1) is 16.4. The number of hydrogen-bond donors (Lipinski definition) is 5. The predicted molar refractivity (Wildman–Crippen MR) is 129 cm³/mol. The van der Waals surface area contributed by atoms with E-state index in [1.807, 2.05) is 0 Å². The Bertz CT molecular complexity index is 1290. The molecule has 1 aromatic carbocycles. The molecule has 0 spiro atoms. The SMILES string of the molecule is CC(C)(C)OC(=O)C(CCC(=O)O)NC(=O)c1ccc(CCc2c[nH]c3nc(N)[nH]c(=O)c23)cc1. The van der Waals surface area contributed by atoms with E-state index in [1.54, 1.807) is 51.2 Å². The Hall–Kier alpha value is -4.15. The summed E-state index contributed by atoms with van der Waals surface area (Å²) in [5, 5.41) is 12.0. The minimum absolute atomic E-state index is 0.0432. The molecule has 0 aliphatic rings. The number of nitrogens with two attached hydrogens (primary N) is 1. The first kappa shape index (κ1) is 25.5. The molecule has 0 fully saturated rings. The number of esters is 1. The highest BCUT2D eigenvalue weighted by Crippen LogP contribution is 2.16. The number of rotatable bonds is 9. The van der Waals surface area contributed by atoms with E-state index in [2.05, 4.69) is 20.3 Å². The van der Waals surface area contributed by atoms with Crippen molar-refractivity contribution in [3.63, 3.8) is 0 Å². The average Bonchev–Trinajstić information content (AvgIpc) is 3.17. The van der Waals surface area contributed by atoms with E-state index in [9.17, 15) is 19.2 Å². The summed E-state index contributed by atoms with van der Waals surface area (Å²) in [5.41, 5.74) is 6.97. The van der Waals surface area contributed by atoms with E-state index < -0.39 is 29.5 Å². The molecule has 11 heteroatoms. The molecule has 6 N–H and O–H groups in total. The molecule has 11 nitrogen and oxygen atoms in total. The minimum Gasteiger partial charge on any atom is -0.481 e. The highest BCUT2D eigenvalue weighted by atomic mass is 16.6. The average molecular weight is 484 g/mol. The van der Waals surface area contributed by atoms with Crippen LogP contribution in [0, 0.1) is 0 Å². The molecule has 3 rings (SSSR count). The van der Waals surface area contributed by atoms with Gasteiger partial charge in [-0.25, -0.2) is 4.79 Å². The maximum Gasteiger partial charge on any atom is 0.329 e. The van der Waals surface area contributed by atoms with E-state index in [0.29, 0.717) is 29.4 Å². The highest BCUT2D eigenvalue weighted by molar-refractivity contribution is 5.97. The Morgan fingerprint density at radius 2 is 1.86 bits per heavy atom. The molecule has 1 atom stereocenters. The maximum atomic E-state index is 12.7. The van der Waals surface area contributed by atoms with Gasteiger partial charge in [0.2, 0.25) is 5.95 Å². The lowest BCUT2D eigenvalue weighted by Gasteiger charge is -2.24. The number of carboxylic acids is 1. The zero-order valence-electron chi connectivity index (χ0n) is 19.8. The molecule has 0 bridgehead atoms. The number of carbonyl (C=O) groups is 3. The van der Waals surface area contributed by atoms with Gasteiger partial charge in [-0.15, -0.1) is 0 Å². The normalized spacial score (nSPS) is 12.3. The number of fused-ring (bicyclic) bond motifs is 1. The Kier molecular flexibility index (Phi) is 7.58. The first-order valence-electron chi connectivity index (χ1n) is 11.1. The maximum absolute atomic E-state index is 12.7. The van der Waals surface area contributed by atoms with Crippen LogP contribution >= 0.6 is 0 Å². The highest BCUT2D eigenvalue weighted by Gasteiger charge is 2.27. The number of amides is 1. The molecule has 2 aromatic heterocycles. The standard InChI is InChI=1S/C24H29N5O6/c1-24(2,3)35-22(34)16(10-11-17(30)31)27-20(32)14-7-4-13(5-8-14)6-9-15-12-26-19-18(15)21(33)29-23(25)28-19/h4-5,7-8,12,16H,6,9-11H2,1-3H3,(H,27,32)(H,30,31)(H4,25,26,28,29,33). The van der Waals surface area contributed by atoms with Gasteiger partial charge in [-0.05, 0) is 63.3 Å². The van der Waals surface area contributed by atoms with E-state index >= 15 is 0 Å². The molecule has 1 unspecified atom stereocenters. The third kappa shape index (κ3) is 6.92. The van der Waals surface area contributed by atoms with Crippen molar-refractivity contribution >= 4 is 34.8 Å². The summed E-state index contributed by atoms with van der Waals surface area (Å²) in [6.45, 7) is 5.08. The number of nitrogen functional groups attached to an aromatic ring is 1. The van der Waals surface area contributed by atoms with Crippen LogP contribution in [0.3, 0.4) is 0 Å². The summed E-state index contributed by atoms with van der Waals surface area (Å²) < 4.78 is 5.32. The number of carboxylic acid groups (broad SMARTS) is 1. The molecule has 35 heavy (non-hydrogen) atoms. The topological polar surface area (TPSA) is 180 Å². The summed E-state index contributed by atoms with van der Waals surface area (Å²) in [7, 11) is 0. The van der Waals surface area contributed by atoms with Crippen LogP contribution in [0.1, 0.15) is 55.1 Å². The van der Waals surface area contributed by atoms with Crippen molar-refractivity contribution in [1.82, 2.24) is 20.3 Å². The summed E-state index contributed by atoms with van der Waals surface area (Å²) in [4.78, 5) is 57.9. The molecule has 0 radical (unpaired) electrons. The second-order valence-electron chi connectivity index (χ2n) is 9.18. The van der Waals surface area contributed by atoms with Gasteiger partial charge < -0.3 is 25.9 Å². The Morgan fingerprint density at radius 3 is 2.49 bits per heavy atom. The Balaban J connectivity index is 1.65. The van der Waals surface area contributed by atoms with E-state index in [1.165, 1.54) is 0 Å². The third-order valence-electron chi connectivity index (χ3n) is 5.18. The van der Waals surface area contributed by atoms with Crippen LogP contribution in [0.15, 0.2) is 35.3 Å². The molecule has 1 amide bonds. The van der Waals surface area contributed by atoms with E-state index in [0.717, 1.165) is 11.1 Å². The van der Waals surface area contributed by atoms with Gasteiger partial charge >= 0.3 is 11.9 Å². The van der Waals surface area contributed by atoms with Crippen molar-refractivity contribution in [2.75, 3.05) is 5.73 Å². The van der Waals surface area contributed by atoms with Crippen LogP contribution in [0.2, 0.25) is 0 Å². The molecular weight excluding hydrogens is 454 g/mol. The van der Waals surface area contributed by atoms with Crippen molar-refractivity contribution in [3.05, 3.63) is 57.5 Å². The quantitative estimate of drug-likeness (QED) is 0.286. The lowest BCUT2D eigenvalue weighted by molar-refractivity contribution is -0.157. The number of carbonyl (C=O) groups excluding carboxylic acids is 2. The van der Waals surface area contributed by atoms with Crippen LogP contribution in [-0.2, 0) is 27.2 Å². The first-order valence-corrected chi connectivity index (χ1v) is 11.1. The van der Waals surface area contributed by atoms with Gasteiger partial charge in [-0.2, -0.15) is 4.98 Å². The van der Waals surface area contributed by atoms with Gasteiger partial charge in [-0.1, -0.05) is 12.1 Å². The monoisotopic (exact) mass is 483 g/mol. The molecule has 2 heterocycles. The second-order valence-corrected chi connectivity index (χ2v) is 9.18. The van der Waals surface area contributed by atoms with Crippen LogP contribution in [0.25, 0.3) is 11.0 Å². The number of anilines is 1. The summed E-state index contributed by atoms with van der Waals surface area (Å²) in [6.07, 6.45) is 2.52. The van der Waals surface area contributed by atoms with Crippen LogP contribution < -0.4 is 16.6 Å². The molecule has 0 saturated carbocycles. The second kappa shape index (κ2) is 10.4. The molecule has 0 aliphatic carbocycles. The Morgan fingerprint density at radius 1 is 1.17 bits per heavy atom. The van der Waals surface area contributed by atoms with Gasteiger partial charge in [0.1, 0.15) is 17.3 Å². The van der Waals surface area contributed by atoms with Gasteiger partial charge in [-0.3, -0.25) is 19.4 Å². The van der Waals surface area contributed by atoms with Crippen molar-refractivity contribution in [2.24, 2.45) is 0 Å². The Labute approximate surface area is 201 Å². The van der Waals surface area contributed by atoms with Gasteiger partial charge in [0.25, 0.3) is 11.5 Å². The number of aliphatic carboxylic acids is 1. The van der Waals surface area contributed by atoms with Gasteiger partial charge in [0, 0.05) is 18.2 Å².